The quantitative estimate of drug-likeness (QED) is 0.0440. The minimum absolute atomic E-state index is 0. The van der Waals surface area contributed by atoms with Gasteiger partial charge in [-0.1, -0.05) is 127 Å². The summed E-state index contributed by atoms with van der Waals surface area (Å²) < 4.78 is 31.6. The number of rotatable bonds is 22. The van der Waals surface area contributed by atoms with Crippen LogP contribution in [0.15, 0.2) is 118 Å². The third-order valence-corrected chi connectivity index (χ3v) is 11.2. The van der Waals surface area contributed by atoms with Crippen LogP contribution in [0.4, 0.5) is 0 Å². The molecule has 0 N–H and O–H groups in total. The third kappa shape index (κ3) is 20.4. The van der Waals surface area contributed by atoms with E-state index in [0.29, 0.717) is 52.9 Å². The number of ether oxygens (including phenoxy) is 6. The second kappa shape index (κ2) is 32.0. The monoisotopic (exact) mass is 844 g/mol. The molecule has 2 aromatic heterocycles. The Bertz CT molecular complexity index is 1690. The Kier molecular flexibility index (Phi) is 31.4. The van der Waals surface area contributed by atoms with Crippen molar-refractivity contribution in [2.75, 3.05) is 67.1 Å². The summed E-state index contributed by atoms with van der Waals surface area (Å²) in [6.45, 7) is 20.7. The van der Waals surface area contributed by atoms with Gasteiger partial charge in [0.25, 0.3) is 0 Å². The molecule has 0 aliphatic carbocycles. The molecule has 0 aliphatic rings. The van der Waals surface area contributed by atoms with Crippen LogP contribution in [0, 0.1) is 13.8 Å². The number of hydrogen-bond donors (Lipinski definition) is 0. The van der Waals surface area contributed by atoms with Gasteiger partial charge >= 0.3 is 0 Å². The highest BCUT2D eigenvalue weighted by Crippen LogP contribution is 2.45. The average Bonchev–Trinajstić information content (AvgIpc) is 3.73. The van der Waals surface area contributed by atoms with Gasteiger partial charge in [-0.05, 0) is 61.4 Å². The van der Waals surface area contributed by atoms with E-state index in [0.717, 1.165) is 19.6 Å². The van der Waals surface area contributed by atoms with Crippen LogP contribution in [0.5, 0.6) is 0 Å². The van der Waals surface area contributed by atoms with Crippen molar-refractivity contribution in [3.05, 3.63) is 128 Å². The largest absolute Gasteiger partial charge is 0.498 e. The van der Waals surface area contributed by atoms with Gasteiger partial charge in [0.2, 0.25) is 0 Å². The first-order valence-electron chi connectivity index (χ1n) is 17.0. The van der Waals surface area contributed by atoms with Crippen molar-refractivity contribution < 1.29 is 28.4 Å². The van der Waals surface area contributed by atoms with E-state index in [2.05, 4.69) is 99.8 Å². The Morgan fingerprint density at radius 3 is 1.64 bits per heavy atom. The lowest BCUT2D eigenvalue weighted by atomic mass is 10.0. The Hall–Kier alpha value is -3.06. The van der Waals surface area contributed by atoms with Gasteiger partial charge in [0.1, 0.15) is 13.2 Å². The van der Waals surface area contributed by atoms with Crippen LogP contribution in [-0.4, -0.2) is 67.1 Å². The molecule has 0 aliphatic heterocycles. The molecule has 10 heteroatoms. The Labute approximate surface area is 357 Å². The number of methoxy groups -OCH3 is 2. The summed E-state index contributed by atoms with van der Waals surface area (Å²) in [5, 5.41) is 0. The number of allylic oxidation sites excluding steroid dienone is 2. The Morgan fingerprint density at radius 1 is 0.625 bits per heavy atom. The summed E-state index contributed by atoms with van der Waals surface area (Å²) in [6.07, 6.45) is 3.41. The molecule has 0 saturated carbocycles. The van der Waals surface area contributed by atoms with Crippen LogP contribution in [0.25, 0.3) is 32.0 Å². The SMILES string of the molecule is C.C.C.C.C=C(C)S/C(=C/OCCOCCOC)C(=C)S/C(C)=C/OCCOCCOC.Cc1cc(-c2ccccc2)c(-c2cc(-c3ccccc3)c(C)s2)s1. The third-order valence-electron chi connectivity index (χ3n) is 7.00. The van der Waals surface area contributed by atoms with E-state index >= 15 is 0 Å². The molecule has 2 heterocycles. The molecule has 4 aromatic rings. The van der Waals surface area contributed by atoms with E-state index in [-0.39, 0.29) is 29.7 Å². The maximum atomic E-state index is 5.58. The highest BCUT2D eigenvalue weighted by Gasteiger charge is 2.16. The fourth-order valence-electron chi connectivity index (χ4n) is 4.64. The van der Waals surface area contributed by atoms with Gasteiger partial charge in [0.15, 0.2) is 0 Å². The maximum Gasteiger partial charge on any atom is 0.111 e. The molecule has 0 radical (unpaired) electrons. The zero-order valence-corrected chi connectivity index (χ0v) is 34.5. The van der Waals surface area contributed by atoms with E-state index in [1.54, 1.807) is 26.7 Å². The molecule has 0 unspecified atom stereocenters. The highest BCUT2D eigenvalue weighted by molar-refractivity contribution is 8.11. The first-order chi connectivity index (χ1) is 25.2. The molecule has 2 aromatic carbocycles. The van der Waals surface area contributed by atoms with Crippen molar-refractivity contribution in [2.45, 2.75) is 57.4 Å². The Morgan fingerprint density at radius 2 is 1.12 bits per heavy atom. The number of thioether (sulfide) groups is 2. The molecule has 0 amide bonds. The van der Waals surface area contributed by atoms with Gasteiger partial charge in [0.05, 0.1) is 61.9 Å². The lowest BCUT2D eigenvalue weighted by Crippen LogP contribution is -2.06. The molecule has 56 heavy (non-hydrogen) atoms. The van der Waals surface area contributed by atoms with Gasteiger partial charge < -0.3 is 28.4 Å². The summed E-state index contributed by atoms with van der Waals surface area (Å²) in [7, 11) is 3.29. The number of thiophene rings is 2. The fraction of sp³-hybridized carbons (Fsp3) is 0.391. The fourth-order valence-corrected chi connectivity index (χ4v) is 8.34. The standard InChI is InChI=1S/C22H18S2.C20H34O6S2.4CH4/c1-15-13-20(18-11-7-4-8-12-18)22(23-15)21-14-19(16(2)24-21)17-9-5-3-6-10-17;1-17(2)27-20(16-26-14-12-24-10-8-22-6)19(4)28-18(3)15-25-13-11-23-9-7-21-5;;;;/h3-14H,1-2H3;15-16H,1,4,7-14H2,2-3,5-6H3;4*1H4/b;18-15+,20-16+;;;;. The average molecular weight is 845 g/mol. The Balaban J connectivity index is 0. The molecule has 6 nitrogen and oxygen atoms in total. The van der Waals surface area contributed by atoms with E-state index in [9.17, 15) is 0 Å². The molecule has 0 fully saturated rings. The zero-order valence-electron chi connectivity index (χ0n) is 31.2. The normalized spacial score (nSPS) is 10.8. The van der Waals surface area contributed by atoms with Crippen molar-refractivity contribution in [3.63, 3.8) is 0 Å². The first kappa shape index (κ1) is 55.0. The first-order valence-corrected chi connectivity index (χ1v) is 20.3. The molecule has 0 atom stereocenters. The van der Waals surface area contributed by atoms with Crippen LogP contribution in [0.2, 0.25) is 0 Å². The molecule has 4 rings (SSSR count). The lowest BCUT2D eigenvalue weighted by molar-refractivity contribution is 0.0463. The van der Waals surface area contributed by atoms with Gasteiger partial charge in [-0.15, -0.1) is 22.7 Å². The molecule has 0 saturated heterocycles. The number of hydrogen-bond acceptors (Lipinski definition) is 10. The lowest BCUT2D eigenvalue weighted by Gasteiger charge is -2.11. The van der Waals surface area contributed by atoms with Crippen molar-refractivity contribution in [3.8, 4) is 32.0 Å². The van der Waals surface area contributed by atoms with Crippen molar-refractivity contribution in [1.29, 1.82) is 0 Å². The maximum absolute atomic E-state index is 5.58. The number of aryl methyl sites for hydroxylation is 2. The van der Waals surface area contributed by atoms with Crippen LogP contribution in [0.3, 0.4) is 0 Å². The van der Waals surface area contributed by atoms with Gasteiger partial charge in [-0.3, -0.25) is 0 Å². The molecule has 312 valence electrons. The minimum atomic E-state index is 0. The molecular weight excluding hydrogens is 777 g/mol. The van der Waals surface area contributed by atoms with Crippen molar-refractivity contribution in [1.82, 2.24) is 0 Å². The van der Waals surface area contributed by atoms with Crippen molar-refractivity contribution >= 4 is 46.2 Å². The second-order valence-electron chi connectivity index (χ2n) is 11.4. The van der Waals surface area contributed by atoms with E-state index in [1.165, 1.54) is 65.3 Å². The van der Waals surface area contributed by atoms with Crippen LogP contribution in [0.1, 0.15) is 53.3 Å². The highest BCUT2D eigenvalue weighted by atomic mass is 32.2. The van der Waals surface area contributed by atoms with Crippen LogP contribution < -0.4 is 0 Å². The summed E-state index contributed by atoms with van der Waals surface area (Å²) >= 11 is 6.83. The predicted octanol–water partition coefficient (Wildman–Crippen LogP) is 14.5. The van der Waals surface area contributed by atoms with Gasteiger partial charge in [-0.2, -0.15) is 0 Å². The van der Waals surface area contributed by atoms with Gasteiger partial charge in [-0.25, -0.2) is 0 Å². The topological polar surface area (TPSA) is 55.4 Å². The molecule has 0 spiro atoms. The zero-order chi connectivity index (χ0) is 37.6. The molecular formula is C46H68O6S4. The molecule has 0 bridgehead atoms. The summed E-state index contributed by atoms with van der Waals surface area (Å²) in [6, 6.07) is 26.0. The van der Waals surface area contributed by atoms with E-state index < -0.39 is 0 Å². The number of benzene rings is 2. The van der Waals surface area contributed by atoms with Crippen LogP contribution in [-0.2, 0) is 28.4 Å². The van der Waals surface area contributed by atoms with E-state index in [4.69, 9.17) is 28.4 Å². The smallest absolute Gasteiger partial charge is 0.111 e. The van der Waals surface area contributed by atoms with Crippen LogP contribution >= 0.6 is 46.2 Å². The van der Waals surface area contributed by atoms with Gasteiger partial charge in [0, 0.05) is 44.2 Å². The van der Waals surface area contributed by atoms with E-state index in [1.807, 2.05) is 36.5 Å². The second-order valence-corrected chi connectivity index (χ2v) is 16.6. The minimum Gasteiger partial charge on any atom is -0.498 e. The summed E-state index contributed by atoms with van der Waals surface area (Å²) in [5.41, 5.74) is 5.29. The summed E-state index contributed by atoms with van der Waals surface area (Å²) in [4.78, 5) is 9.19. The predicted molar refractivity (Wildman–Crippen MR) is 253 cm³/mol. The summed E-state index contributed by atoms with van der Waals surface area (Å²) in [5.74, 6) is 0. The van der Waals surface area contributed by atoms with Crippen molar-refractivity contribution in [2.24, 2.45) is 0 Å².